The summed E-state index contributed by atoms with van der Waals surface area (Å²) in [6.45, 7) is 3.80. The normalized spacial score (nSPS) is 16.9. The van der Waals surface area contributed by atoms with E-state index in [1.54, 1.807) is 12.4 Å². The Morgan fingerprint density at radius 2 is 1.90 bits per heavy atom. The highest BCUT2D eigenvalue weighted by molar-refractivity contribution is 5.83. The molecule has 4 rings (SSSR count). The van der Waals surface area contributed by atoms with Crippen molar-refractivity contribution in [1.29, 1.82) is 0 Å². The molecule has 3 N–H and O–H groups in total. The Bertz CT molecular complexity index is 824. The summed E-state index contributed by atoms with van der Waals surface area (Å²) in [5, 5.41) is 9.97. The fourth-order valence-corrected chi connectivity index (χ4v) is 4.04. The van der Waals surface area contributed by atoms with Gasteiger partial charge in [0.1, 0.15) is 6.04 Å². The van der Waals surface area contributed by atoms with Crippen LogP contribution in [0.2, 0.25) is 0 Å². The van der Waals surface area contributed by atoms with Gasteiger partial charge in [-0.2, -0.15) is 0 Å². The van der Waals surface area contributed by atoms with Gasteiger partial charge >= 0.3 is 0 Å². The molecular weight excluding hydrogens is 380 g/mol. The van der Waals surface area contributed by atoms with Crippen LogP contribution < -0.4 is 25.4 Å². The van der Waals surface area contributed by atoms with Crippen LogP contribution in [0.25, 0.3) is 0 Å². The third kappa shape index (κ3) is 5.49. The number of carbonyl (C=O) groups excluding carboxylic acids is 1. The number of benzene rings is 1. The Balaban J connectivity index is 1.37. The molecule has 0 bridgehead atoms. The molecule has 2 aliphatic heterocycles. The van der Waals surface area contributed by atoms with Gasteiger partial charge in [0, 0.05) is 18.9 Å². The van der Waals surface area contributed by atoms with Crippen LogP contribution in [0.3, 0.4) is 0 Å². The van der Waals surface area contributed by atoms with Crippen molar-refractivity contribution >= 4 is 5.91 Å². The number of carbonyl (C=O) groups is 1. The summed E-state index contributed by atoms with van der Waals surface area (Å²) < 4.78 is 10.9. The number of rotatable bonds is 9. The largest absolute Gasteiger partial charge is 0.454 e. The summed E-state index contributed by atoms with van der Waals surface area (Å²) in [7, 11) is 0. The van der Waals surface area contributed by atoms with Gasteiger partial charge in [-0.05, 0) is 86.6 Å². The molecule has 2 aromatic rings. The molecule has 1 atom stereocenters. The predicted octanol–water partition coefficient (Wildman–Crippen LogP) is 2.19. The topological polar surface area (TPSA) is 84.5 Å². The summed E-state index contributed by atoms with van der Waals surface area (Å²) in [6, 6.07) is 9.25. The summed E-state index contributed by atoms with van der Waals surface area (Å²) in [6.07, 6.45) is 7.80. The van der Waals surface area contributed by atoms with E-state index < -0.39 is 6.04 Å². The van der Waals surface area contributed by atoms with Crippen molar-refractivity contribution in [2.75, 3.05) is 33.0 Å². The van der Waals surface area contributed by atoms with Crippen molar-refractivity contribution in [2.24, 2.45) is 5.92 Å². The molecular formula is C23H30N4O3. The summed E-state index contributed by atoms with van der Waals surface area (Å²) in [5.74, 6) is 2.12. The molecule has 2 aliphatic rings. The zero-order chi connectivity index (χ0) is 20.6. The second kappa shape index (κ2) is 10.4. The van der Waals surface area contributed by atoms with Crippen molar-refractivity contribution < 1.29 is 14.3 Å². The lowest BCUT2D eigenvalue weighted by molar-refractivity contribution is -0.123. The maximum absolute atomic E-state index is 13.0. The number of pyridine rings is 1. The van der Waals surface area contributed by atoms with Crippen LogP contribution >= 0.6 is 0 Å². The fourth-order valence-electron chi connectivity index (χ4n) is 4.04. The van der Waals surface area contributed by atoms with Gasteiger partial charge in [-0.25, -0.2) is 0 Å². The molecule has 7 heteroatoms. The number of amides is 1. The Labute approximate surface area is 177 Å². The van der Waals surface area contributed by atoms with E-state index in [9.17, 15) is 4.79 Å². The first kappa shape index (κ1) is 20.6. The number of aromatic nitrogens is 1. The second-order valence-corrected chi connectivity index (χ2v) is 7.88. The smallest absolute Gasteiger partial charge is 0.241 e. The highest BCUT2D eigenvalue weighted by Gasteiger charge is 2.24. The SMILES string of the molecule is O=C(NCCc1ccncc1)C(NCCC1CCNCC1)c1ccc2c(c1)OCO2. The monoisotopic (exact) mass is 410 g/mol. The molecule has 1 amide bonds. The first-order valence-electron chi connectivity index (χ1n) is 10.8. The molecule has 3 heterocycles. The third-order valence-electron chi connectivity index (χ3n) is 5.81. The predicted molar refractivity (Wildman–Crippen MR) is 114 cm³/mol. The van der Waals surface area contributed by atoms with E-state index in [2.05, 4.69) is 20.9 Å². The molecule has 1 saturated heterocycles. The lowest BCUT2D eigenvalue weighted by Crippen LogP contribution is -2.39. The molecule has 160 valence electrons. The van der Waals surface area contributed by atoms with Crippen molar-refractivity contribution in [3.63, 3.8) is 0 Å². The van der Waals surface area contributed by atoms with Gasteiger partial charge in [-0.3, -0.25) is 9.78 Å². The number of ether oxygens (including phenoxy) is 2. The number of nitrogens with zero attached hydrogens (tertiary/aromatic N) is 1. The highest BCUT2D eigenvalue weighted by atomic mass is 16.7. The van der Waals surface area contributed by atoms with E-state index in [1.165, 1.54) is 12.8 Å². The van der Waals surface area contributed by atoms with E-state index in [4.69, 9.17) is 9.47 Å². The molecule has 1 aromatic heterocycles. The molecule has 7 nitrogen and oxygen atoms in total. The number of hydrogen-bond acceptors (Lipinski definition) is 6. The van der Waals surface area contributed by atoms with Gasteiger partial charge in [-0.1, -0.05) is 6.07 Å². The minimum absolute atomic E-state index is 0.0202. The Morgan fingerprint density at radius 1 is 1.10 bits per heavy atom. The van der Waals surface area contributed by atoms with Crippen molar-refractivity contribution in [3.05, 3.63) is 53.9 Å². The Hall–Kier alpha value is -2.64. The van der Waals surface area contributed by atoms with E-state index in [0.29, 0.717) is 18.2 Å². The Morgan fingerprint density at radius 3 is 2.73 bits per heavy atom. The van der Waals surface area contributed by atoms with Crippen LogP contribution in [0, 0.1) is 5.92 Å². The molecule has 0 spiro atoms. The lowest BCUT2D eigenvalue weighted by Gasteiger charge is -2.24. The van der Waals surface area contributed by atoms with Gasteiger partial charge in [0.2, 0.25) is 12.7 Å². The summed E-state index contributed by atoms with van der Waals surface area (Å²) >= 11 is 0. The maximum atomic E-state index is 13.0. The first-order valence-corrected chi connectivity index (χ1v) is 10.8. The molecule has 1 fully saturated rings. The minimum atomic E-state index is -0.418. The molecule has 1 unspecified atom stereocenters. The van der Waals surface area contributed by atoms with Crippen LogP contribution in [-0.4, -0.2) is 43.9 Å². The van der Waals surface area contributed by atoms with Crippen LogP contribution in [-0.2, 0) is 11.2 Å². The first-order chi connectivity index (χ1) is 14.8. The Kier molecular flexibility index (Phi) is 7.16. The van der Waals surface area contributed by atoms with E-state index in [-0.39, 0.29) is 12.7 Å². The van der Waals surface area contributed by atoms with E-state index in [1.807, 2.05) is 30.3 Å². The van der Waals surface area contributed by atoms with Crippen LogP contribution in [0.1, 0.15) is 36.4 Å². The summed E-state index contributed by atoms with van der Waals surface area (Å²) in [4.78, 5) is 17.1. The van der Waals surface area contributed by atoms with Gasteiger partial charge in [0.05, 0.1) is 0 Å². The molecule has 0 saturated carbocycles. The van der Waals surface area contributed by atoms with Gasteiger partial charge in [0.25, 0.3) is 0 Å². The van der Waals surface area contributed by atoms with Gasteiger partial charge < -0.3 is 25.4 Å². The van der Waals surface area contributed by atoms with Crippen molar-refractivity contribution in [2.45, 2.75) is 31.7 Å². The average molecular weight is 411 g/mol. The number of nitrogens with one attached hydrogen (secondary N) is 3. The maximum Gasteiger partial charge on any atom is 0.241 e. The average Bonchev–Trinajstić information content (AvgIpc) is 3.26. The second-order valence-electron chi connectivity index (χ2n) is 7.88. The summed E-state index contributed by atoms with van der Waals surface area (Å²) in [5.41, 5.74) is 2.05. The number of piperidine rings is 1. The quantitative estimate of drug-likeness (QED) is 0.588. The zero-order valence-electron chi connectivity index (χ0n) is 17.2. The van der Waals surface area contributed by atoms with E-state index in [0.717, 1.165) is 49.4 Å². The molecule has 30 heavy (non-hydrogen) atoms. The van der Waals surface area contributed by atoms with Crippen molar-refractivity contribution in [1.82, 2.24) is 20.9 Å². The number of fused-ring (bicyclic) bond motifs is 1. The minimum Gasteiger partial charge on any atom is -0.454 e. The molecule has 1 aromatic carbocycles. The van der Waals surface area contributed by atoms with Gasteiger partial charge in [-0.15, -0.1) is 0 Å². The molecule has 0 radical (unpaired) electrons. The standard InChI is InChI=1S/C23H30N4O3/c28-23(27-14-8-18-5-11-25-12-6-18)22(26-13-7-17-3-9-24-10-4-17)19-1-2-20-21(15-19)30-16-29-20/h1-2,5-6,11-12,15,17,22,24,26H,3-4,7-10,13-14,16H2,(H,27,28). The van der Waals surface area contributed by atoms with Crippen LogP contribution in [0.4, 0.5) is 0 Å². The third-order valence-corrected chi connectivity index (χ3v) is 5.81. The van der Waals surface area contributed by atoms with Crippen LogP contribution in [0.5, 0.6) is 11.5 Å². The molecule has 0 aliphatic carbocycles. The van der Waals surface area contributed by atoms with Crippen molar-refractivity contribution in [3.8, 4) is 11.5 Å². The highest BCUT2D eigenvalue weighted by Crippen LogP contribution is 2.34. The number of hydrogen-bond donors (Lipinski definition) is 3. The zero-order valence-corrected chi connectivity index (χ0v) is 17.2. The van der Waals surface area contributed by atoms with Gasteiger partial charge in [0.15, 0.2) is 11.5 Å². The fraction of sp³-hybridized carbons (Fsp3) is 0.478. The lowest BCUT2D eigenvalue weighted by atomic mass is 9.94. The van der Waals surface area contributed by atoms with Crippen LogP contribution in [0.15, 0.2) is 42.7 Å². The van der Waals surface area contributed by atoms with E-state index >= 15 is 0 Å².